The third-order valence-electron chi connectivity index (χ3n) is 3.64. The molecule has 1 fully saturated rings. The van der Waals surface area contributed by atoms with Crippen LogP contribution in [0.5, 0.6) is 0 Å². The molecule has 5 heteroatoms. The molecule has 1 heterocycles. The van der Waals surface area contributed by atoms with Gasteiger partial charge in [0.25, 0.3) is 0 Å². The summed E-state index contributed by atoms with van der Waals surface area (Å²) < 4.78 is 5.67. The Morgan fingerprint density at radius 3 is 2.90 bits per heavy atom. The Morgan fingerprint density at radius 1 is 1.43 bits per heavy atom. The third kappa shape index (κ3) is 4.58. The van der Waals surface area contributed by atoms with Gasteiger partial charge in [0.05, 0.1) is 29.5 Å². The van der Waals surface area contributed by atoms with Crippen molar-refractivity contribution in [1.29, 1.82) is 0 Å². The fourth-order valence-electron chi connectivity index (χ4n) is 2.67. The summed E-state index contributed by atoms with van der Waals surface area (Å²) in [5, 5.41) is 13.5. The van der Waals surface area contributed by atoms with Crippen molar-refractivity contribution < 1.29 is 9.84 Å². The molecule has 1 aromatic carbocycles. The maximum absolute atomic E-state index is 9.31. The van der Waals surface area contributed by atoms with E-state index in [1.54, 1.807) is 0 Å². The van der Waals surface area contributed by atoms with E-state index >= 15 is 0 Å². The predicted octanol–water partition coefficient (Wildman–Crippen LogP) is 2.43. The SMILES string of the molecule is CCCNCc1ccc(N2CC(C)OC(CO)C2)c(Cl)c1. The molecule has 1 saturated heterocycles. The Labute approximate surface area is 132 Å². The number of rotatable bonds is 6. The first-order valence-electron chi connectivity index (χ1n) is 7.64. The summed E-state index contributed by atoms with van der Waals surface area (Å²) in [6, 6.07) is 6.20. The van der Waals surface area contributed by atoms with Crippen LogP contribution in [0.15, 0.2) is 18.2 Å². The number of aliphatic hydroxyl groups is 1. The second-order valence-electron chi connectivity index (χ2n) is 5.62. The van der Waals surface area contributed by atoms with Gasteiger partial charge in [-0.05, 0) is 37.6 Å². The van der Waals surface area contributed by atoms with E-state index in [2.05, 4.69) is 29.3 Å². The van der Waals surface area contributed by atoms with E-state index in [9.17, 15) is 5.11 Å². The van der Waals surface area contributed by atoms with Crippen molar-refractivity contribution in [3.8, 4) is 0 Å². The first-order valence-corrected chi connectivity index (χ1v) is 8.02. The smallest absolute Gasteiger partial charge is 0.0984 e. The van der Waals surface area contributed by atoms with Crippen molar-refractivity contribution in [3.05, 3.63) is 28.8 Å². The van der Waals surface area contributed by atoms with Crippen LogP contribution in [0.25, 0.3) is 0 Å². The van der Waals surface area contributed by atoms with Crippen molar-refractivity contribution in [2.75, 3.05) is 31.1 Å². The predicted molar refractivity (Wildman–Crippen MR) is 87.1 cm³/mol. The zero-order valence-corrected chi connectivity index (χ0v) is 13.6. The van der Waals surface area contributed by atoms with E-state index in [0.29, 0.717) is 6.54 Å². The molecule has 1 aliphatic heterocycles. The maximum atomic E-state index is 9.31. The Kier molecular flexibility index (Phi) is 6.30. The molecule has 2 rings (SSSR count). The number of benzene rings is 1. The van der Waals surface area contributed by atoms with E-state index in [1.165, 1.54) is 5.56 Å². The standard InChI is InChI=1S/C16H25ClN2O2/c1-3-6-18-8-13-4-5-16(15(17)7-13)19-9-12(2)21-14(10-19)11-20/h4-5,7,12,14,18,20H,3,6,8-11H2,1-2H3. The number of halogens is 1. The molecule has 4 nitrogen and oxygen atoms in total. The van der Waals surface area contributed by atoms with Crippen LogP contribution < -0.4 is 10.2 Å². The zero-order chi connectivity index (χ0) is 15.2. The van der Waals surface area contributed by atoms with Crippen LogP contribution in [0.2, 0.25) is 5.02 Å². The molecule has 0 radical (unpaired) electrons. The number of anilines is 1. The van der Waals surface area contributed by atoms with Gasteiger partial charge in [-0.3, -0.25) is 0 Å². The summed E-state index contributed by atoms with van der Waals surface area (Å²) in [4.78, 5) is 2.20. The summed E-state index contributed by atoms with van der Waals surface area (Å²) >= 11 is 6.44. The van der Waals surface area contributed by atoms with E-state index in [0.717, 1.165) is 36.8 Å². The molecule has 2 N–H and O–H groups in total. The average Bonchev–Trinajstić information content (AvgIpc) is 2.47. The van der Waals surface area contributed by atoms with Gasteiger partial charge in [-0.25, -0.2) is 0 Å². The average molecular weight is 313 g/mol. The van der Waals surface area contributed by atoms with Gasteiger partial charge in [0.2, 0.25) is 0 Å². The van der Waals surface area contributed by atoms with Crippen LogP contribution in [0.3, 0.4) is 0 Å². The van der Waals surface area contributed by atoms with Gasteiger partial charge in [0.15, 0.2) is 0 Å². The Bertz CT molecular complexity index is 456. The molecule has 0 aromatic heterocycles. The molecule has 2 unspecified atom stereocenters. The lowest BCUT2D eigenvalue weighted by molar-refractivity contribution is -0.0421. The number of nitrogens with one attached hydrogen (secondary N) is 1. The Hall–Kier alpha value is -0.810. The lowest BCUT2D eigenvalue weighted by Crippen LogP contribution is -2.48. The third-order valence-corrected chi connectivity index (χ3v) is 3.94. The molecule has 1 aliphatic rings. The molecule has 0 bridgehead atoms. The van der Waals surface area contributed by atoms with Gasteiger partial charge in [-0.1, -0.05) is 24.6 Å². The first-order chi connectivity index (χ1) is 10.1. The summed E-state index contributed by atoms with van der Waals surface area (Å²) in [5.41, 5.74) is 2.21. The molecule has 0 saturated carbocycles. The molecule has 1 aromatic rings. The maximum Gasteiger partial charge on any atom is 0.0984 e. The van der Waals surface area contributed by atoms with Crippen LogP contribution in [0.4, 0.5) is 5.69 Å². The van der Waals surface area contributed by atoms with Crippen molar-refractivity contribution in [3.63, 3.8) is 0 Å². The molecular weight excluding hydrogens is 288 g/mol. The first kappa shape index (κ1) is 16.6. The lowest BCUT2D eigenvalue weighted by Gasteiger charge is -2.38. The Balaban J connectivity index is 2.05. The van der Waals surface area contributed by atoms with Crippen LogP contribution in [0, 0.1) is 0 Å². The molecule has 2 atom stereocenters. The van der Waals surface area contributed by atoms with Gasteiger partial charge in [-0.2, -0.15) is 0 Å². The largest absolute Gasteiger partial charge is 0.394 e. The van der Waals surface area contributed by atoms with Gasteiger partial charge in [-0.15, -0.1) is 0 Å². The molecule has 21 heavy (non-hydrogen) atoms. The fraction of sp³-hybridized carbons (Fsp3) is 0.625. The monoisotopic (exact) mass is 312 g/mol. The highest BCUT2D eigenvalue weighted by molar-refractivity contribution is 6.33. The van der Waals surface area contributed by atoms with Crippen molar-refractivity contribution in [1.82, 2.24) is 5.32 Å². The van der Waals surface area contributed by atoms with Crippen molar-refractivity contribution >= 4 is 17.3 Å². The van der Waals surface area contributed by atoms with E-state index < -0.39 is 0 Å². The minimum absolute atomic E-state index is 0.0392. The fourth-order valence-corrected chi connectivity index (χ4v) is 2.99. The summed E-state index contributed by atoms with van der Waals surface area (Å²) in [5.74, 6) is 0. The highest BCUT2D eigenvalue weighted by Gasteiger charge is 2.26. The topological polar surface area (TPSA) is 44.7 Å². The highest BCUT2D eigenvalue weighted by atomic mass is 35.5. The van der Waals surface area contributed by atoms with Crippen molar-refractivity contribution in [2.24, 2.45) is 0 Å². The normalized spacial score (nSPS) is 22.6. The van der Waals surface area contributed by atoms with Gasteiger partial charge < -0.3 is 20.1 Å². The summed E-state index contributed by atoms with van der Waals surface area (Å²) in [7, 11) is 0. The highest BCUT2D eigenvalue weighted by Crippen LogP contribution is 2.29. The van der Waals surface area contributed by atoms with Gasteiger partial charge in [0, 0.05) is 19.6 Å². The Morgan fingerprint density at radius 2 is 2.24 bits per heavy atom. The van der Waals surface area contributed by atoms with E-state index in [-0.39, 0.29) is 18.8 Å². The number of hydrogen-bond donors (Lipinski definition) is 2. The quantitative estimate of drug-likeness (QED) is 0.792. The molecule has 118 valence electrons. The van der Waals surface area contributed by atoms with Gasteiger partial charge in [0.1, 0.15) is 0 Å². The number of aliphatic hydroxyl groups excluding tert-OH is 1. The van der Waals surface area contributed by atoms with E-state index in [4.69, 9.17) is 16.3 Å². The molecule has 0 spiro atoms. The second-order valence-corrected chi connectivity index (χ2v) is 6.03. The lowest BCUT2D eigenvalue weighted by atomic mass is 10.1. The second kappa shape index (κ2) is 7.99. The molecule has 0 amide bonds. The zero-order valence-electron chi connectivity index (χ0n) is 12.8. The number of hydrogen-bond acceptors (Lipinski definition) is 4. The minimum atomic E-state index is -0.143. The van der Waals surface area contributed by atoms with Crippen LogP contribution in [0.1, 0.15) is 25.8 Å². The van der Waals surface area contributed by atoms with Crippen LogP contribution >= 0.6 is 11.6 Å². The van der Waals surface area contributed by atoms with Gasteiger partial charge >= 0.3 is 0 Å². The molecular formula is C16H25ClN2O2. The summed E-state index contributed by atoms with van der Waals surface area (Å²) in [6.45, 7) is 7.53. The number of morpholine rings is 1. The number of nitrogens with zero attached hydrogens (tertiary/aromatic N) is 1. The molecule has 0 aliphatic carbocycles. The van der Waals surface area contributed by atoms with Crippen molar-refractivity contribution in [2.45, 2.75) is 39.0 Å². The summed E-state index contributed by atoms with van der Waals surface area (Å²) in [6.07, 6.45) is 1.08. The van der Waals surface area contributed by atoms with E-state index in [1.807, 2.05) is 13.0 Å². The van der Waals surface area contributed by atoms with Crippen LogP contribution in [-0.2, 0) is 11.3 Å². The number of ether oxygens (including phenoxy) is 1. The minimum Gasteiger partial charge on any atom is -0.394 e. The van der Waals surface area contributed by atoms with Crippen LogP contribution in [-0.4, -0.2) is 43.6 Å².